The third kappa shape index (κ3) is 8.26. The highest BCUT2D eigenvalue weighted by molar-refractivity contribution is 7.92. The minimum Gasteiger partial charge on any atom is -0.497 e. The number of sulfonamides is 1. The summed E-state index contributed by atoms with van der Waals surface area (Å²) < 4.78 is 70.9. The van der Waals surface area contributed by atoms with Gasteiger partial charge < -0.3 is 15.0 Å². The number of carbonyl (C=O) groups excluding carboxylic acids is 2. The van der Waals surface area contributed by atoms with Crippen LogP contribution in [0.15, 0.2) is 42.5 Å². The lowest BCUT2D eigenvalue weighted by Crippen LogP contribution is -2.52. The molecule has 0 heterocycles. The maximum absolute atomic E-state index is 13.5. The normalized spacial score (nSPS) is 13.4. The van der Waals surface area contributed by atoms with Gasteiger partial charge in [0, 0.05) is 12.6 Å². The highest BCUT2D eigenvalue weighted by Gasteiger charge is 2.34. The van der Waals surface area contributed by atoms with E-state index in [1.54, 1.807) is 31.2 Å². The van der Waals surface area contributed by atoms with Crippen molar-refractivity contribution in [2.45, 2.75) is 52.0 Å². The van der Waals surface area contributed by atoms with Crippen LogP contribution in [0.25, 0.3) is 0 Å². The maximum Gasteiger partial charge on any atom is 0.416 e. The highest BCUT2D eigenvalue weighted by Crippen LogP contribution is 2.36. The van der Waals surface area contributed by atoms with Crippen molar-refractivity contribution in [3.8, 4) is 5.75 Å². The van der Waals surface area contributed by atoms with E-state index >= 15 is 0 Å². The number of anilines is 1. The Morgan fingerprint density at radius 3 is 2.21 bits per heavy atom. The first-order valence-corrected chi connectivity index (χ1v) is 13.9. The van der Waals surface area contributed by atoms with Crippen LogP contribution >= 0.6 is 11.6 Å². The number of alkyl halides is 3. The van der Waals surface area contributed by atoms with Gasteiger partial charge in [-0.05, 0) is 56.2 Å². The number of halogens is 4. The minimum atomic E-state index is -4.77. The SMILES string of the molecule is CC[C@H](C)NC(=O)[C@@H](C)N(Cc1ccc(OC)cc1)C(=O)CN(c1cc(C(F)(F)F)ccc1Cl)S(C)(=O)=O. The fraction of sp³-hybridized carbons (Fsp3) is 0.440. The van der Waals surface area contributed by atoms with Crippen molar-refractivity contribution in [2.75, 3.05) is 24.2 Å². The largest absolute Gasteiger partial charge is 0.497 e. The third-order valence-corrected chi connectivity index (χ3v) is 7.35. The lowest BCUT2D eigenvalue weighted by atomic mass is 10.1. The summed E-state index contributed by atoms with van der Waals surface area (Å²) in [6.45, 7) is 4.20. The number of hydrogen-bond donors (Lipinski definition) is 1. The number of rotatable bonds is 11. The summed E-state index contributed by atoms with van der Waals surface area (Å²) in [5.74, 6) is -0.715. The molecule has 0 saturated carbocycles. The summed E-state index contributed by atoms with van der Waals surface area (Å²) in [5.41, 5.74) is -1.02. The molecule has 2 aromatic rings. The van der Waals surface area contributed by atoms with Crippen molar-refractivity contribution >= 4 is 39.1 Å². The number of nitrogens with zero attached hydrogens (tertiary/aromatic N) is 2. The van der Waals surface area contributed by atoms with E-state index in [1.807, 2.05) is 6.92 Å². The first-order valence-electron chi connectivity index (χ1n) is 11.7. The molecule has 0 fully saturated rings. The second-order valence-electron chi connectivity index (χ2n) is 8.80. The van der Waals surface area contributed by atoms with E-state index in [1.165, 1.54) is 18.9 Å². The lowest BCUT2D eigenvalue weighted by molar-refractivity contribution is -0.139. The van der Waals surface area contributed by atoms with Gasteiger partial charge in [-0.15, -0.1) is 0 Å². The number of carbonyl (C=O) groups is 2. The van der Waals surface area contributed by atoms with Crippen LogP contribution in [0.3, 0.4) is 0 Å². The highest BCUT2D eigenvalue weighted by atomic mass is 35.5. The van der Waals surface area contributed by atoms with Gasteiger partial charge in [-0.2, -0.15) is 13.2 Å². The molecule has 0 unspecified atom stereocenters. The summed E-state index contributed by atoms with van der Waals surface area (Å²) >= 11 is 6.08. The molecule has 13 heteroatoms. The topological polar surface area (TPSA) is 96.0 Å². The number of benzene rings is 2. The fourth-order valence-electron chi connectivity index (χ4n) is 3.45. The Labute approximate surface area is 225 Å². The first kappa shape index (κ1) is 31.2. The quantitative estimate of drug-likeness (QED) is 0.425. The van der Waals surface area contributed by atoms with Gasteiger partial charge in [-0.25, -0.2) is 8.42 Å². The van der Waals surface area contributed by atoms with Crippen molar-refractivity contribution in [1.29, 1.82) is 0 Å². The number of methoxy groups -OCH3 is 1. The Balaban J connectivity index is 2.49. The molecular formula is C25H31ClF3N3O5S. The van der Waals surface area contributed by atoms with Crippen LogP contribution in [0.5, 0.6) is 5.75 Å². The van der Waals surface area contributed by atoms with E-state index < -0.39 is 51.9 Å². The number of ether oxygens (including phenoxy) is 1. The van der Waals surface area contributed by atoms with E-state index in [0.29, 0.717) is 34.2 Å². The zero-order chi connectivity index (χ0) is 28.8. The predicted molar refractivity (Wildman–Crippen MR) is 140 cm³/mol. The van der Waals surface area contributed by atoms with Gasteiger partial charge in [0.2, 0.25) is 21.8 Å². The molecule has 0 bridgehead atoms. The van der Waals surface area contributed by atoms with E-state index in [4.69, 9.17) is 16.3 Å². The Morgan fingerprint density at radius 2 is 1.71 bits per heavy atom. The summed E-state index contributed by atoms with van der Waals surface area (Å²) in [6, 6.07) is 7.66. The second kappa shape index (κ2) is 12.7. The second-order valence-corrected chi connectivity index (χ2v) is 11.1. The first-order chi connectivity index (χ1) is 17.6. The number of hydrogen-bond acceptors (Lipinski definition) is 5. The zero-order valence-electron chi connectivity index (χ0n) is 21.7. The fourth-order valence-corrected chi connectivity index (χ4v) is 4.57. The summed E-state index contributed by atoms with van der Waals surface area (Å²) in [6.07, 6.45) is -3.37. The molecule has 0 radical (unpaired) electrons. The van der Waals surface area contributed by atoms with E-state index in [-0.39, 0.29) is 17.6 Å². The molecular weight excluding hydrogens is 547 g/mol. The van der Waals surface area contributed by atoms with Gasteiger partial charge >= 0.3 is 6.18 Å². The molecule has 0 aliphatic carbocycles. The number of nitrogens with one attached hydrogen (secondary N) is 1. The van der Waals surface area contributed by atoms with Gasteiger partial charge in [0.25, 0.3) is 0 Å². The molecule has 210 valence electrons. The van der Waals surface area contributed by atoms with Crippen LogP contribution in [-0.2, 0) is 32.3 Å². The van der Waals surface area contributed by atoms with Gasteiger partial charge in [0.15, 0.2) is 0 Å². The number of amides is 2. The molecule has 8 nitrogen and oxygen atoms in total. The lowest BCUT2D eigenvalue weighted by Gasteiger charge is -2.32. The molecule has 2 aromatic carbocycles. The van der Waals surface area contributed by atoms with Crippen LogP contribution in [0.4, 0.5) is 18.9 Å². The molecule has 0 saturated heterocycles. The third-order valence-electron chi connectivity index (χ3n) is 5.90. The minimum absolute atomic E-state index is 0.0775. The van der Waals surface area contributed by atoms with Gasteiger partial charge in [0.1, 0.15) is 18.3 Å². The average molecular weight is 578 g/mol. The molecule has 1 N–H and O–H groups in total. The molecule has 38 heavy (non-hydrogen) atoms. The molecule has 0 spiro atoms. The van der Waals surface area contributed by atoms with Crippen molar-refractivity contribution in [2.24, 2.45) is 0 Å². The summed E-state index contributed by atoms with van der Waals surface area (Å²) in [5, 5.41) is 2.50. The Morgan fingerprint density at radius 1 is 1.11 bits per heavy atom. The van der Waals surface area contributed by atoms with Crippen LogP contribution in [-0.4, -0.2) is 57.1 Å². The van der Waals surface area contributed by atoms with Crippen molar-refractivity contribution < 1.29 is 35.9 Å². The van der Waals surface area contributed by atoms with Crippen molar-refractivity contribution in [3.63, 3.8) is 0 Å². The van der Waals surface area contributed by atoms with Crippen LogP contribution in [0.1, 0.15) is 38.3 Å². The molecule has 0 aliphatic rings. The smallest absolute Gasteiger partial charge is 0.416 e. The van der Waals surface area contributed by atoms with Crippen LogP contribution < -0.4 is 14.4 Å². The summed E-state index contributed by atoms with van der Waals surface area (Å²) in [7, 11) is -2.77. The van der Waals surface area contributed by atoms with Crippen LogP contribution in [0.2, 0.25) is 5.02 Å². The standard InChI is InChI=1S/C25H31ClF3N3O5S/c1-6-16(2)30-24(34)17(3)31(14-18-7-10-20(37-4)11-8-18)23(33)15-32(38(5,35)36)22-13-19(25(27,28)29)9-12-21(22)26/h7-13,16-17H,6,14-15H2,1-5H3,(H,30,34)/t16-,17+/m0/s1. The Kier molecular flexibility index (Phi) is 10.4. The van der Waals surface area contributed by atoms with E-state index in [0.717, 1.165) is 12.3 Å². The van der Waals surface area contributed by atoms with Gasteiger partial charge in [-0.1, -0.05) is 30.7 Å². The van der Waals surface area contributed by atoms with Crippen molar-refractivity contribution in [1.82, 2.24) is 10.2 Å². The van der Waals surface area contributed by atoms with E-state index in [9.17, 15) is 31.2 Å². The predicted octanol–water partition coefficient (Wildman–Crippen LogP) is 4.47. The summed E-state index contributed by atoms with van der Waals surface area (Å²) in [4.78, 5) is 27.6. The Bertz CT molecular complexity index is 1240. The van der Waals surface area contributed by atoms with E-state index in [2.05, 4.69) is 5.32 Å². The average Bonchev–Trinajstić information content (AvgIpc) is 2.84. The molecule has 2 amide bonds. The van der Waals surface area contributed by atoms with Crippen LogP contribution in [0, 0.1) is 0 Å². The monoisotopic (exact) mass is 577 g/mol. The molecule has 2 rings (SSSR count). The maximum atomic E-state index is 13.5. The van der Waals surface area contributed by atoms with Gasteiger partial charge in [0.05, 0.1) is 29.6 Å². The molecule has 0 aromatic heterocycles. The zero-order valence-corrected chi connectivity index (χ0v) is 23.2. The Hall–Kier alpha value is -2.99. The molecule has 0 aliphatic heterocycles. The van der Waals surface area contributed by atoms with Crippen molar-refractivity contribution in [3.05, 3.63) is 58.6 Å². The molecule has 2 atom stereocenters. The van der Waals surface area contributed by atoms with Gasteiger partial charge in [-0.3, -0.25) is 13.9 Å².